The molecular weight excluding hydrogens is 298 g/mol. The van der Waals surface area contributed by atoms with E-state index in [1.54, 1.807) is 0 Å². The number of rotatable bonds is 7. The monoisotopic (exact) mass is 325 g/mol. The first-order valence-electron chi connectivity index (χ1n) is 8.52. The van der Waals surface area contributed by atoms with Gasteiger partial charge in [-0.3, -0.25) is 4.79 Å². The van der Waals surface area contributed by atoms with E-state index in [0.29, 0.717) is 13.0 Å². The van der Waals surface area contributed by atoms with Crippen LogP contribution in [0.15, 0.2) is 48.5 Å². The summed E-state index contributed by atoms with van der Waals surface area (Å²) in [6.45, 7) is 6.40. The zero-order chi connectivity index (χ0) is 17.5. The zero-order valence-corrected chi connectivity index (χ0v) is 15.0. The molecule has 0 radical (unpaired) electrons. The largest absolute Gasteiger partial charge is 0.465 e. The van der Waals surface area contributed by atoms with Gasteiger partial charge >= 0.3 is 5.97 Å². The molecule has 128 valence electrons. The van der Waals surface area contributed by atoms with E-state index in [4.69, 9.17) is 4.74 Å². The van der Waals surface area contributed by atoms with E-state index in [2.05, 4.69) is 67.7 Å². The van der Waals surface area contributed by atoms with Crippen molar-refractivity contribution in [3.05, 3.63) is 70.8 Å². The third kappa shape index (κ3) is 4.68. The molecule has 0 aromatic heterocycles. The van der Waals surface area contributed by atoms with Crippen LogP contribution in [-0.4, -0.2) is 25.7 Å². The van der Waals surface area contributed by atoms with Gasteiger partial charge in [0.15, 0.2) is 0 Å². The first kappa shape index (κ1) is 18.2. The molecule has 3 nitrogen and oxygen atoms in total. The second-order valence-corrected chi connectivity index (χ2v) is 6.20. The maximum Gasteiger partial charge on any atom is 0.323 e. The number of nitrogens with one attached hydrogen (secondary N) is 1. The van der Waals surface area contributed by atoms with E-state index in [-0.39, 0.29) is 17.9 Å². The van der Waals surface area contributed by atoms with Crippen molar-refractivity contribution in [1.82, 2.24) is 5.32 Å². The van der Waals surface area contributed by atoms with Crippen LogP contribution in [0.4, 0.5) is 0 Å². The molecule has 2 aromatic rings. The van der Waals surface area contributed by atoms with Gasteiger partial charge < -0.3 is 10.1 Å². The summed E-state index contributed by atoms with van der Waals surface area (Å²) in [6.07, 6.45) is 0.668. The third-order valence-corrected chi connectivity index (χ3v) is 4.35. The van der Waals surface area contributed by atoms with Gasteiger partial charge in [-0.25, -0.2) is 0 Å². The van der Waals surface area contributed by atoms with E-state index in [9.17, 15) is 4.79 Å². The molecule has 0 saturated carbocycles. The van der Waals surface area contributed by atoms with E-state index in [1.807, 2.05) is 14.0 Å². The quantitative estimate of drug-likeness (QED) is 0.783. The molecule has 3 heteroatoms. The molecule has 2 rings (SSSR count). The Kier molecular flexibility index (Phi) is 6.56. The summed E-state index contributed by atoms with van der Waals surface area (Å²) in [5.74, 6) is -0.0442. The van der Waals surface area contributed by atoms with Gasteiger partial charge in [0.1, 0.15) is 6.04 Å². The molecule has 0 amide bonds. The lowest BCUT2D eigenvalue weighted by molar-refractivity contribution is -0.145. The maximum atomic E-state index is 12.2. The second-order valence-electron chi connectivity index (χ2n) is 6.20. The van der Waals surface area contributed by atoms with Crippen molar-refractivity contribution in [1.29, 1.82) is 0 Å². The van der Waals surface area contributed by atoms with Gasteiger partial charge in [-0.1, -0.05) is 59.7 Å². The molecule has 0 aliphatic heterocycles. The molecular formula is C21H27NO2. The molecule has 1 unspecified atom stereocenters. The Balaban J connectivity index is 2.33. The Labute approximate surface area is 145 Å². The van der Waals surface area contributed by atoms with Crippen molar-refractivity contribution in [2.24, 2.45) is 0 Å². The number of carbonyl (C=O) groups is 1. The third-order valence-electron chi connectivity index (χ3n) is 4.35. The van der Waals surface area contributed by atoms with Crippen molar-refractivity contribution in [3.63, 3.8) is 0 Å². The van der Waals surface area contributed by atoms with Crippen LogP contribution in [0.2, 0.25) is 0 Å². The predicted octanol–water partition coefficient (Wildman–Crippen LogP) is 3.98. The topological polar surface area (TPSA) is 38.3 Å². The van der Waals surface area contributed by atoms with Crippen molar-refractivity contribution < 1.29 is 9.53 Å². The van der Waals surface area contributed by atoms with Crippen molar-refractivity contribution >= 4 is 5.97 Å². The lowest BCUT2D eigenvalue weighted by Crippen LogP contribution is -2.37. The van der Waals surface area contributed by atoms with Crippen LogP contribution in [0, 0.1) is 13.8 Å². The molecule has 0 heterocycles. The molecule has 0 fully saturated rings. The number of likely N-dealkylation sites (N-methyl/N-ethyl adjacent to an activating group) is 1. The maximum absolute atomic E-state index is 12.2. The van der Waals surface area contributed by atoms with E-state index in [0.717, 1.165) is 0 Å². The van der Waals surface area contributed by atoms with E-state index in [1.165, 1.54) is 22.3 Å². The normalized spacial score (nSPS) is 12.2. The molecule has 0 spiro atoms. The fourth-order valence-electron chi connectivity index (χ4n) is 2.87. The molecule has 1 atom stereocenters. The van der Waals surface area contributed by atoms with Gasteiger partial charge in [-0.15, -0.1) is 0 Å². The molecule has 0 aliphatic carbocycles. The predicted molar refractivity (Wildman–Crippen MR) is 98.3 cm³/mol. The highest BCUT2D eigenvalue weighted by molar-refractivity contribution is 5.76. The number of benzene rings is 2. The fourth-order valence-corrected chi connectivity index (χ4v) is 2.87. The summed E-state index contributed by atoms with van der Waals surface area (Å²) < 4.78 is 5.20. The summed E-state index contributed by atoms with van der Waals surface area (Å²) in [4.78, 5) is 12.2. The van der Waals surface area contributed by atoms with Crippen LogP contribution < -0.4 is 5.32 Å². The summed E-state index contributed by atoms with van der Waals surface area (Å²) >= 11 is 0. The number of esters is 1. The lowest BCUT2D eigenvalue weighted by atomic mass is 9.85. The van der Waals surface area contributed by atoms with Crippen LogP contribution >= 0.6 is 0 Å². The molecule has 2 aromatic carbocycles. The highest BCUT2D eigenvalue weighted by Crippen LogP contribution is 2.30. The molecule has 0 aliphatic rings. The van der Waals surface area contributed by atoms with E-state index < -0.39 is 0 Å². The van der Waals surface area contributed by atoms with Gasteiger partial charge in [0, 0.05) is 5.92 Å². The van der Waals surface area contributed by atoms with Gasteiger partial charge in [0.05, 0.1) is 6.61 Å². The Bertz CT molecular complexity index is 601. The lowest BCUT2D eigenvalue weighted by Gasteiger charge is -2.23. The Morgan fingerprint density at radius 2 is 1.42 bits per heavy atom. The summed E-state index contributed by atoms with van der Waals surface area (Å²) in [5, 5.41) is 3.10. The summed E-state index contributed by atoms with van der Waals surface area (Å²) in [6, 6.07) is 16.8. The Morgan fingerprint density at radius 3 is 1.79 bits per heavy atom. The minimum Gasteiger partial charge on any atom is -0.465 e. The zero-order valence-electron chi connectivity index (χ0n) is 15.0. The second kappa shape index (κ2) is 8.65. The fraction of sp³-hybridized carbons (Fsp3) is 0.381. The molecule has 1 N–H and O–H groups in total. The number of carbonyl (C=O) groups excluding carboxylic acids is 1. The average molecular weight is 325 g/mol. The molecule has 0 saturated heterocycles. The van der Waals surface area contributed by atoms with Crippen molar-refractivity contribution in [3.8, 4) is 0 Å². The molecule has 0 bridgehead atoms. The average Bonchev–Trinajstić information content (AvgIpc) is 2.58. The van der Waals surface area contributed by atoms with Crippen LogP contribution in [0.5, 0.6) is 0 Å². The van der Waals surface area contributed by atoms with E-state index >= 15 is 0 Å². The summed E-state index contributed by atoms with van der Waals surface area (Å²) in [5.41, 5.74) is 4.90. The highest BCUT2D eigenvalue weighted by atomic mass is 16.5. The first-order chi connectivity index (χ1) is 11.5. The van der Waals surface area contributed by atoms with Gasteiger partial charge in [-0.05, 0) is 45.4 Å². The SMILES string of the molecule is CCOC(=O)C(CC(c1ccc(C)cc1)c1ccc(C)cc1)NC. The number of aryl methyl sites for hydroxylation is 2. The first-order valence-corrected chi connectivity index (χ1v) is 8.52. The van der Waals surface area contributed by atoms with Gasteiger partial charge in [-0.2, -0.15) is 0 Å². The van der Waals surface area contributed by atoms with Gasteiger partial charge in [0.25, 0.3) is 0 Å². The Morgan fingerprint density at radius 1 is 0.958 bits per heavy atom. The number of hydrogen-bond donors (Lipinski definition) is 1. The number of hydrogen-bond acceptors (Lipinski definition) is 3. The minimum absolute atomic E-state index is 0.146. The highest BCUT2D eigenvalue weighted by Gasteiger charge is 2.25. The molecule has 24 heavy (non-hydrogen) atoms. The Hall–Kier alpha value is -2.13. The number of ether oxygens (including phenoxy) is 1. The van der Waals surface area contributed by atoms with Crippen LogP contribution in [0.1, 0.15) is 41.5 Å². The van der Waals surface area contributed by atoms with Crippen LogP contribution in [0.3, 0.4) is 0 Å². The smallest absolute Gasteiger partial charge is 0.323 e. The standard InChI is InChI=1S/C21H27NO2/c1-5-24-21(23)20(22-4)14-19(17-10-6-15(2)7-11-17)18-12-8-16(3)9-13-18/h6-13,19-20,22H,5,14H2,1-4H3. The summed E-state index contributed by atoms with van der Waals surface area (Å²) in [7, 11) is 1.81. The van der Waals surface area contributed by atoms with Crippen molar-refractivity contribution in [2.45, 2.75) is 39.2 Å². The van der Waals surface area contributed by atoms with Crippen LogP contribution in [0.25, 0.3) is 0 Å². The van der Waals surface area contributed by atoms with Gasteiger partial charge in [0.2, 0.25) is 0 Å². The van der Waals surface area contributed by atoms with Crippen LogP contribution in [-0.2, 0) is 9.53 Å². The van der Waals surface area contributed by atoms with Crippen molar-refractivity contribution in [2.75, 3.05) is 13.7 Å². The minimum atomic E-state index is -0.322.